The second-order valence-corrected chi connectivity index (χ2v) is 6.82. The Bertz CT molecular complexity index is 645. The molecule has 26 heavy (non-hydrogen) atoms. The lowest BCUT2D eigenvalue weighted by atomic mass is 9.86. The Morgan fingerprint density at radius 1 is 1.38 bits per heavy atom. The van der Waals surface area contributed by atoms with Crippen LogP contribution in [0.5, 0.6) is 0 Å². The number of ether oxygens (including phenoxy) is 2. The Kier molecular flexibility index (Phi) is 5.55. The van der Waals surface area contributed by atoms with Crippen LogP contribution in [0.25, 0.3) is 0 Å². The van der Waals surface area contributed by atoms with Gasteiger partial charge in [-0.15, -0.1) is 0 Å². The van der Waals surface area contributed by atoms with Crippen molar-refractivity contribution in [3.63, 3.8) is 0 Å². The molecule has 1 N–H and O–H groups in total. The summed E-state index contributed by atoms with van der Waals surface area (Å²) in [6, 6.07) is 4.98. The number of benzene rings is 1. The molecule has 0 radical (unpaired) electrons. The molecule has 2 aliphatic rings. The second kappa shape index (κ2) is 7.54. The number of para-hydroxylation sites is 1. The first-order valence-electron chi connectivity index (χ1n) is 8.69. The number of hydrogen-bond acceptors (Lipinski definition) is 4. The van der Waals surface area contributed by atoms with Crippen LogP contribution in [0.4, 0.5) is 18.9 Å². The van der Waals surface area contributed by atoms with Gasteiger partial charge in [0, 0.05) is 26.8 Å². The third kappa shape index (κ3) is 4.02. The van der Waals surface area contributed by atoms with E-state index < -0.39 is 17.6 Å². The van der Waals surface area contributed by atoms with E-state index >= 15 is 0 Å². The Balaban J connectivity index is 1.61. The maximum atomic E-state index is 13.0. The summed E-state index contributed by atoms with van der Waals surface area (Å²) in [7, 11) is 1.62. The lowest BCUT2D eigenvalue weighted by Crippen LogP contribution is -2.57. The van der Waals surface area contributed by atoms with Crippen LogP contribution < -0.4 is 5.32 Å². The molecule has 8 heteroatoms. The molecule has 0 aromatic heterocycles. The third-order valence-electron chi connectivity index (χ3n) is 5.15. The lowest BCUT2D eigenvalue weighted by Gasteiger charge is -2.44. The average Bonchev–Trinajstić information content (AvgIpc) is 3.05. The van der Waals surface area contributed by atoms with Crippen molar-refractivity contribution < 1.29 is 27.4 Å². The molecule has 1 aromatic carbocycles. The highest BCUT2D eigenvalue weighted by Gasteiger charge is 2.46. The highest BCUT2D eigenvalue weighted by molar-refractivity contribution is 5.93. The van der Waals surface area contributed by atoms with Gasteiger partial charge in [-0.25, -0.2) is 0 Å². The summed E-state index contributed by atoms with van der Waals surface area (Å²) in [4.78, 5) is 14.2. The van der Waals surface area contributed by atoms with Crippen molar-refractivity contribution in [1.82, 2.24) is 4.90 Å². The Morgan fingerprint density at radius 2 is 2.15 bits per heavy atom. The van der Waals surface area contributed by atoms with Crippen LogP contribution in [0.2, 0.25) is 0 Å². The van der Waals surface area contributed by atoms with Gasteiger partial charge in [0.1, 0.15) is 0 Å². The summed E-state index contributed by atoms with van der Waals surface area (Å²) in [5.41, 5.74) is -1.36. The first-order chi connectivity index (χ1) is 12.3. The van der Waals surface area contributed by atoms with E-state index in [1.165, 1.54) is 18.2 Å². The Morgan fingerprint density at radius 3 is 2.81 bits per heavy atom. The fourth-order valence-electron chi connectivity index (χ4n) is 3.84. The van der Waals surface area contributed by atoms with E-state index in [0.29, 0.717) is 19.7 Å². The van der Waals surface area contributed by atoms with Gasteiger partial charge in [-0.05, 0) is 31.4 Å². The summed E-state index contributed by atoms with van der Waals surface area (Å²) in [5, 5.41) is 2.39. The number of rotatable bonds is 4. The highest BCUT2D eigenvalue weighted by Crippen LogP contribution is 2.37. The summed E-state index contributed by atoms with van der Waals surface area (Å²) in [5.74, 6) is -0.472. The fraction of sp³-hybridized carbons (Fsp3) is 0.611. The summed E-state index contributed by atoms with van der Waals surface area (Å²) in [6.45, 7) is 1.90. The van der Waals surface area contributed by atoms with Gasteiger partial charge in [0.05, 0.1) is 29.5 Å². The quantitative estimate of drug-likeness (QED) is 0.883. The van der Waals surface area contributed by atoms with Gasteiger partial charge in [0.15, 0.2) is 0 Å². The number of carbonyl (C=O) groups is 1. The zero-order valence-corrected chi connectivity index (χ0v) is 14.6. The van der Waals surface area contributed by atoms with Crippen LogP contribution >= 0.6 is 0 Å². The number of nitrogens with one attached hydrogen (secondary N) is 1. The Hall–Kier alpha value is -1.64. The molecule has 2 fully saturated rings. The third-order valence-corrected chi connectivity index (χ3v) is 5.15. The number of carbonyl (C=O) groups excluding carboxylic acids is 1. The molecule has 3 rings (SSSR count). The zero-order valence-electron chi connectivity index (χ0n) is 14.6. The van der Waals surface area contributed by atoms with Gasteiger partial charge >= 0.3 is 6.18 Å². The number of halogens is 3. The predicted molar refractivity (Wildman–Crippen MR) is 89.8 cm³/mol. The van der Waals surface area contributed by atoms with Crippen molar-refractivity contribution in [1.29, 1.82) is 0 Å². The van der Waals surface area contributed by atoms with E-state index in [0.717, 1.165) is 25.3 Å². The molecule has 5 nitrogen and oxygen atoms in total. The average molecular weight is 372 g/mol. The van der Waals surface area contributed by atoms with E-state index in [1.807, 2.05) is 4.90 Å². The van der Waals surface area contributed by atoms with Crippen LogP contribution in [0, 0.1) is 0 Å². The van der Waals surface area contributed by atoms with Crippen LogP contribution in [0.3, 0.4) is 0 Å². The minimum atomic E-state index is -4.51. The molecule has 2 atom stereocenters. The van der Waals surface area contributed by atoms with Crippen LogP contribution in [0.15, 0.2) is 24.3 Å². The van der Waals surface area contributed by atoms with Gasteiger partial charge in [-0.3, -0.25) is 9.69 Å². The van der Waals surface area contributed by atoms with E-state index in [9.17, 15) is 18.0 Å². The number of piperidine rings is 1. The van der Waals surface area contributed by atoms with Crippen molar-refractivity contribution >= 4 is 11.6 Å². The molecular weight excluding hydrogens is 349 g/mol. The monoisotopic (exact) mass is 372 g/mol. The minimum absolute atomic E-state index is 0.0160. The molecule has 2 aliphatic heterocycles. The van der Waals surface area contributed by atoms with E-state index in [4.69, 9.17) is 9.47 Å². The maximum Gasteiger partial charge on any atom is 0.418 e. The van der Waals surface area contributed by atoms with Gasteiger partial charge in [-0.2, -0.15) is 13.2 Å². The van der Waals surface area contributed by atoms with Crippen molar-refractivity contribution in [3.8, 4) is 0 Å². The second-order valence-electron chi connectivity index (χ2n) is 6.82. The van der Waals surface area contributed by atoms with E-state index in [1.54, 1.807) is 7.11 Å². The van der Waals surface area contributed by atoms with Crippen molar-refractivity contribution in [2.45, 2.75) is 37.1 Å². The predicted octanol–water partition coefficient (Wildman–Crippen LogP) is 2.91. The molecule has 0 unspecified atom stereocenters. The zero-order chi connectivity index (χ0) is 18.8. The summed E-state index contributed by atoms with van der Waals surface area (Å²) >= 11 is 0. The number of anilines is 1. The van der Waals surface area contributed by atoms with Crippen molar-refractivity contribution in [2.24, 2.45) is 0 Å². The number of alkyl halides is 3. The van der Waals surface area contributed by atoms with Gasteiger partial charge in [0.2, 0.25) is 5.91 Å². The smallest absolute Gasteiger partial charge is 0.377 e. The molecule has 1 spiro atoms. The topological polar surface area (TPSA) is 50.8 Å². The number of hydrogen-bond donors (Lipinski definition) is 1. The lowest BCUT2D eigenvalue weighted by molar-refractivity contribution is -0.145. The fourth-order valence-corrected chi connectivity index (χ4v) is 3.84. The molecule has 2 heterocycles. The Labute approximate surface area is 150 Å². The van der Waals surface area contributed by atoms with Crippen LogP contribution in [0.1, 0.15) is 24.8 Å². The van der Waals surface area contributed by atoms with Gasteiger partial charge < -0.3 is 14.8 Å². The summed E-state index contributed by atoms with van der Waals surface area (Å²) in [6.07, 6.45) is -1.98. The molecule has 0 bridgehead atoms. The van der Waals surface area contributed by atoms with Crippen molar-refractivity contribution in [3.05, 3.63) is 29.8 Å². The minimum Gasteiger partial charge on any atom is -0.377 e. The standard InChI is InChI=1S/C18H23F3N2O3/c1-25-15-11-23(9-8-17(15)7-4-10-26-17)12-16(24)22-14-6-3-2-5-13(14)18(19,20)21/h2-3,5-6,15H,4,7-12H2,1H3,(H,22,24)/t15-,17+/m0/s1. The van der Waals surface area contributed by atoms with Crippen LogP contribution in [-0.2, 0) is 20.4 Å². The molecule has 1 aromatic rings. The van der Waals surface area contributed by atoms with Gasteiger partial charge in [-0.1, -0.05) is 12.1 Å². The molecule has 0 saturated carbocycles. The maximum absolute atomic E-state index is 13.0. The molecule has 2 saturated heterocycles. The molecule has 1 amide bonds. The molecular formula is C18H23F3N2O3. The SMILES string of the molecule is CO[C@H]1CN(CC(=O)Nc2ccccc2C(F)(F)F)CC[C@]12CCCO2. The highest BCUT2D eigenvalue weighted by atomic mass is 19.4. The first kappa shape index (κ1) is 19.1. The van der Waals surface area contributed by atoms with Crippen LogP contribution in [-0.4, -0.2) is 55.9 Å². The van der Waals surface area contributed by atoms with Gasteiger partial charge in [0.25, 0.3) is 0 Å². The molecule has 0 aliphatic carbocycles. The first-order valence-corrected chi connectivity index (χ1v) is 8.69. The van der Waals surface area contributed by atoms with E-state index in [2.05, 4.69) is 5.32 Å². The largest absolute Gasteiger partial charge is 0.418 e. The number of methoxy groups -OCH3 is 1. The number of likely N-dealkylation sites (tertiary alicyclic amines) is 1. The number of nitrogens with zero attached hydrogens (tertiary/aromatic N) is 1. The summed E-state index contributed by atoms with van der Waals surface area (Å²) < 4.78 is 50.6. The van der Waals surface area contributed by atoms with Crippen molar-refractivity contribution in [2.75, 3.05) is 38.7 Å². The normalized spacial score (nSPS) is 27.0. The molecule has 144 valence electrons. The van der Waals surface area contributed by atoms with E-state index in [-0.39, 0.29) is 23.9 Å². The number of amides is 1.